The van der Waals surface area contributed by atoms with Gasteiger partial charge in [-0.2, -0.15) is 0 Å². The minimum absolute atomic E-state index is 0.485. The normalized spacial score (nSPS) is 18.3. The van der Waals surface area contributed by atoms with Gasteiger partial charge in [-0.25, -0.2) is 0 Å². The molecule has 1 aliphatic carbocycles. The summed E-state index contributed by atoms with van der Waals surface area (Å²) in [5, 5.41) is 9.96. The van der Waals surface area contributed by atoms with Crippen LogP contribution in [0.15, 0.2) is 18.2 Å². The van der Waals surface area contributed by atoms with Crippen molar-refractivity contribution >= 4 is 0 Å². The van der Waals surface area contributed by atoms with Gasteiger partial charge in [0.05, 0.1) is 0 Å². The molecule has 1 aromatic rings. The number of fused-ring (bicyclic) bond motifs is 1. The third-order valence-electron chi connectivity index (χ3n) is 4.71. The van der Waals surface area contributed by atoms with Crippen molar-refractivity contribution in [2.75, 3.05) is 13.1 Å². The van der Waals surface area contributed by atoms with Crippen LogP contribution in [0.4, 0.5) is 0 Å². The van der Waals surface area contributed by atoms with Crippen molar-refractivity contribution in [1.29, 1.82) is 0 Å². The number of rotatable bonds is 6. The van der Waals surface area contributed by atoms with Gasteiger partial charge in [-0.15, -0.1) is 0 Å². The molecular formula is C17H27NO. The van der Waals surface area contributed by atoms with E-state index in [0.29, 0.717) is 11.8 Å². The second-order valence-electron chi connectivity index (χ2n) is 5.67. The molecule has 1 unspecified atom stereocenters. The molecule has 106 valence electrons. The standard InChI is InChI=1S/C17H27NO/c1-4-13(5-2)12-18(6-3)16-11-10-15-14(16)8-7-9-17(15)19/h7-9,13,16,19H,4-6,10-12H2,1-3H3. The largest absolute Gasteiger partial charge is 0.508 e. The Morgan fingerprint density at radius 3 is 2.63 bits per heavy atom. The van der Waals surface area contributed by atoms with E-state index in [1.54, 1.807) is 0 Å². The van der Waals surface area contributed by atoms with E-state index >= 15 is 0 Å². The first-order valence-corrected chi connectivity index (χ1v) is 7.75. The number of benzene rings is 1. The van der Waals surface area contributed by atoms with E-state index in [2.05, 4.69) is 31.7 Å². The number of hydrogen-bond acceptors (Lipinski definition) is 2. The molecule has 2 rings (SSSR count). The zero-order valence-electron chi connectivity index (χ0n) is 12.5. The lowest BCUT2D eigenvalue weighted by Gasteiger charge is -2.31. The average molecular weight is 261 g/mol. The zero-order chi connectivity index (χ0) is 13.8. The molecular weight excluding hydrogens is 234 g/mol. The van der Waals surface area contributed by atoms with Crippen molar-refractivity contribution in [2.45, 2.75) is 52.5 Å². The van der Waals surface area contributed by atoms with E-state index in [1.807, 2.05) is 12.1 Å². The summed E-state index contributed by atoms with van der Waals surface area (Å²) in [6.07, 6.45) is 4.69. The molecule has 0 radical (unpaired) electrons. The molecule has 1 aromatic carbocycles. The first kappa shape index (κ1) is 14.4. The highest BCUT2D eigenvalue weighted by Crippen LogP contribution is 2.40. The summed E-state index contributed by atoms with van der Waals surface area (Å²) in [4.78, 5) is 2.60. The van der Waals surface area contributed by atoms with Gasteiger partial charge in [-0.05, 0) is 42.5 Å². The van der Waals surface area contributed by atoms with Crippen molar-refractivity contribution < 1.29 is 5.11 Å². The topological polar surface area (TPSA) is 23.5 Å². The SMILES string of the molecule is CCC(CC)CN(CC)C1CCc2c(O)cccc21. The Bertz CT molecular complexity index is 412. The Morgan fingerprint density at radius 2 is 2.00 bits per heavy atom. The van der Waals surface area contributed by atoms with Crippen molar-refractivity contribution in [3.63, 3.8) is 0 Å². The molecule has 2 nitrogen and oxygen atoms in total. The summed E-state index contributed by atoms with van der Waals surface area (Å²) in [6.45, 7) is 9.11. The monoisotopic (exact) mass is 261 g/mol. The lowest BCUT2D eigenvalue weighted by atomic mass is 10.00. The molecule has 0 bridgehead atoms. The predicted molar refractivity (Wildman–Crippen MR) is 80.5 cm³/mol. The molecule has 19 heavy (non-hydrogen) atoms. The van der Waals surface area contributed by atoms with E-state index in [0.717, 1.165) is 25.3 Å². The van der Waals surface area contributed by atoms with Crippen LogP contribution in [0.1, 0.15) is 57.2 Å². The molecule has 0 saturated heterocycles. The highest BCUT2D eigenvalue weighted by atomic mass is 16.3. The van der Waals surface area contributed by atoms with Gasteiger partial charge in [0, 0.05) is 12.6 Å². The second kappa shape index (κ2) is 6.42. The van der Waals surface area contributed by atoms with Crippen LogP contribution < -0.4 is 0 Å². The molecule has 0 fully saturated rings. The molecule has 1 N–H and O–H groups in total. The lowest BCUT2D eigenvalue weighted by molar-refractivity contribution is 0.170. The number of nitrogens with zero attached hydrogens (tertiary/aromatic N) is 1. The molecule has 0 heterocycles. The Labute approximate surface area is 117 Å². The Morgan fingerprint density at radius 1 is 1.26 bits per heavy atom. The molecule has 0 saturated carbocycles. The van der Waals surface area contributed by atoms with Crippen LogP contribution in [0.3, 0.4) is 0 Å². The molecule has 0 aliphatic heterocycles. The fraction of sp³-hybridized carbons (Fsp3) is 0.647. The van der Waals surface area contributed by atoms with Gasteiger partial charge < -0.3 is 5.11 Å². The maximum atomic E-state index is 9.96. The van der Waals surface area contributed by atoms with Crippen LogP contribution >= 0.6 is 0 Å². The fourth-order valence-corrected chi connectivity index (χ4v) is 3.35. The van der Waals surface area contributed by atoms with Crippen molar-refractivity contribution in [2.24, 2.45) is 5.92 Å². The third-order valence-corrected chi connectivity index (χ3v) is 4.71. The minimum Gasteiger partial charge on any atom is -0.508 e. The highest BCUT2D eigenvalue weighted by molar-refractivity contribution is 5.44. The van der Waals surface area contributed by atoms with Crippen molar-refractivity contribution in [1.82, 2.24) is 4.90 Å². The van der Waals surface area contributed by atoms with Gasteiger partial charge in [-0.1, -0.05) is 45.7 Å². The van der Waals surface area contributed by atoms with Crippen LogP contribution in [0, 0.1) is 5.92 Å². The van der Waals surface area contributed by atoms with Crippen molar-refractivity contribution in [3.05, 3.63) is 29.3 Å². The van der Waals surface area contributed by atoms with E-state index in [4.69, 9.17) is 0 Å². The smallest absolute Gasteiger partial charge is 0.119 e. The number of aromatic hydroxyl groups is 1. The summed E-state index contributed by atoms with van der Waals surface area (Å²) in [7, 11) is 0. The molecule has 1 aliphatic rings. The van der Waals surface area contributed by atoms with E-state index < -0.39 is 0 Å². The van der Waals surface area contributed by atoms with Crippen LogP contribution in [0.2, 0.25) is 0 Å². The number of phenols is 1. The summed E-state index contributed by atoms with van der Waals surface area (Å²) in [5.41, 5.74) is 2.53. The van der Waals surface area contributed by atoms with Gasteiger partial charge in [-0.3, -0.25) is 4.90 Å². The van der Waals surface area contributed by atoms with Crippen molar-refractivity contribution in [3.8, 4) is 5.75 Å². The minimum atomic E-state index is 0.485. The predicted octanol–water partition coefficient (Wildman–Crippen LogP) is 4.14. The zero-order valence-corrected chi connectivity index (χ0v) is 12.5. The molecule has 0 aromatic heterocycles. The molecule has 0 amide bonds. The van der Waals surface area contributed by atoms with Gasteiger partial charge in [0.25, 0.3) is 0 Å². The van der Waals surface area contributed by atoms with E-state index in [9.17, 15) is 5.11 Å². The molecule has 1 atom stereocenters. The maximum Gasteiger partial charge on any atom is 0.119 e. The summed E-state index contributed by atoms with van der Waals surface area (Å²) in [5.74, 6) is 1.28. The van der Waals surface area contributed by atoms with Gasteiger partial charge in [0.2, 0.25) is 0 Å². The van der Waals surface area contributed by atoms with Crippen LogP contribution in [-0.4, -0.2) is 23.1 Å². The molecule has 0 spiro atoms. The second-order valence-corrected chi connectivity index (χ2v) is 5.67. The van der Waals surface area contributed by atoms with E-state index in [-0.39, 0.29) is 0 Å². The van der Waals surface area contributed by atoms with Crippen LogP contribution in [-0.2, 0) is 6.42 Å². The highest BCUT2D eigenvalue weighted by Gasteiger charge is 2.29. The summed E-state index contributed by atoms with van der Waals surface area (Å²) < 4.78 is 0. The van der Waals surface area contributed by atoms with E-state index in [1.165, 1.54) is 30.5 Å². The number of hydrogen-bond donors (Lipinski definition) is 1. The van der Waals surface area contributed by atoms with Gasteiger partial charge in [0.1, 0.15) is 5.75 Å². The first-order chi connectivity index (χ1) is 9.21. The Hall–Kier alpha value is -1.02. The Balaban J connectivity index is 2.16. The fourth-order valence-electron chi connectivity index (χ4n) is 3.35. The van der Waals surface area contributed by atoms with Gasteiger partial charge in [0.15, 0.2) is 0 Å². The lowest BCUT2D eigenvalue weighted by Crippen LogP contribution is -2.32. The third kappa shape index (κ3) is 2.94. The first-order valence-electron chi connectivity index (χ1n) is 7.75. The molecule has 2 heteroatoms. The summed E-state index contributed by atoms with van der Waals surface area (Å²) in [6, 6.07) is 6.51. The summed E-state index contributed by atoms with van der Waals surface area (Å²) >= 11 is 0. The quantitative estimate of drug-likeness (QED) is 0.832. The number of phenolic OH excluding ortho intramolecular Hbond substituents is 1. The van der Waals surface area contributed by atoms with Crippen LogP contribution in [0.5, 0.6) is 5.75 Å². The van der Waals surface area contributed by atoms with Gasteiger partial charge >= 0.3 is 0 Å². The average Bonchev–Trinajstić information content (AvgIpc) is 2.86. The maximum absolute atomic E-state index is 9.96. The van der Waals surface area contributed by atoms with Crippen LogP contribution in [0.25, 0.3) is 0 Å². The Kier molecular flexibility index (Phi) is 4.87.